The van der Waals surface area contributed by atoms with Gasteiger partial charge in [-0.25, -0.2) is 9.82 Å². The number of nitrogens with zero attached hydrogens (tertiary/aromatic N) is 1. The van der Waals surface area contributed by atoms with Crippen molar-refractivity contribution in [1.29, 1.82) is 0 Å². The predicted molar refractivity (Wildman–Crippen MR) is 114 cm³/mol. The summed E-state index contributed by atoms with van der Waals surface area (Å²) in [4.78, 5) is 12.1. The van der Waals surface area contributed by atoms with Gasteiger partial charge in [-0.2, -0.15) is 5.10 Å². The minimum atomic E-state index is -0.285. The third-order valence-corrected chi connectivity index (χ3v) is 4.22. The van der Waals surface area contributed by atoms with Gasteiger partial charge in [0.25, 0.3) is 0 Å². The highest BCUT2D eigenvalue weighted by Gasteiger charge is 2.04. The van der Waals surface area contributed by atoms with Gasteiger partial charge >= 0.3 is 0 Å². The Balaban J connectivity index is 1.54. The first-order chi connectivity index (χ1) is 14.6. The lowest BCUT2D eigenvalue weighted by atomic mass is 10.1. The van der Waals surface area contributed by atoms with Gasteiger partial charge < -0.3 is 9.47 Å². The molecule has 0 unspecified atom stereocenters. The summed E-state index contributed by atoms with van der Waals surface area (Å²) >= 11 is 0. The van der Waals surface area contributed by atoms with Crippen molar-refractivity contribution in [3.8, 4) is 11.5 Å². The lowest BCUT2D eigenvalue weighted by Crippen LogP contribution is -2.19. The zero-order valence-corrected chi connectivity index (χ0v) is 16.7. The Morgan fingerprint density at radius 1 is 0.967 bits per heavy atom. The molecule has 6 heteroatoms. The van der Waals surface area contributed by atoms with Crippen LogP contribution in [0.1, 0.15) is 23.6 Å². The molecular formula is C24H23FN2O3. The number of rotatable bonds is 9. The number of ether oxygens (including phenoxy) is 2. The molecule has 0 aliphatic carbocycles. The number of benzene rings is 3. The maximum absolute atomic E-state index is 13.0. The molecule has 3 aromatic rings. The van der Waals surface area contributed by atoms with Crippen LogP contribution in [0.15, 0.2) is 77.9 Å². The maximum Gasteiger partial charge on any atom is 0.244 e. The van der Waals surface area contributed by atoms with E-state index in [0.717, 1.165) is 22.4 Å². The first-order valence-electron chi connectivity index (χ1n) is 9.64. The van der Waals surface area contributed by atoms with E-state index in [1.54, 1.807) is 12.1 Å². The molecule has 0 heterocycles. The van der Waals surface area contributed by atoms with Gasteiger partial charge in [0, 0.05) is 5.56 Å². The third-order valence-electron chi connectivity index (χ3n) is 4.22. The molecule has 3 aromatic carbocycles. The first kappa shape index (κ1) is 21.0. The van der Waals surface area contributed by atoms with Crippen molar-refractivity contribution >= 4 is 12.1 Å². The number of carbonyl (C=O) groups is 1. The molecule has 0 saturated carbocycles. The highest BCUT2D eigenvalue weighted by molar-refractivity contribution is 5.85. The molecule has 30 heavy (non-hydrogen) atoms. The van der Waals surface area contributed by atoms with E-state index in [-0.39, 0.29) is 18.1 Å². The van der Waals surface area contributed by atoms with Crippen molar-refractivity contribution in [3.63, 3.8) is 0 Å². The van der Waals surface area contributed by atoms with Crippen LogP contribution in [0.25, 0.3) is 0 Å². The monoisotopic (exact) mass is 406 g/mol. The summed E-state index contributed by atoms with van der Waals surface area (Å²) in [6.07, 6.45) is 1.75. The van der Waals surface area contributed by atoms with E-state index in [1.165, 1.54) is 18.3 Å². The molecule has 0 saturated heterocycles. The summed E-state index contributed by atoms with van der Waals surface area (Å²) in [6.45, 7) is 2.82. The Bertz CT molecular complexity index is 986. The Kier molecular flexibility index (Phi) is 7.55. The van der Waals surface area contributed by atoms with E-state index in [1.807, 2.05) is 55.5 Å². The second-order valence-corrected chi connectivity index (χ2v) is 6.50. The molecule has 154 valence electrons. The van der Waals surface area contributed by atoms with Crippen LogP contribution in [-0.2, 0) is 17.8 Å². The largest absolute Gasteiger partial charge is 0.494 e. The number of para-hydroxylation sites is 1. The normalized spacial score (nSPS) is 10.7. The molecule has 0 radical (unpaired) electrons. The van der Waals surface area contributed by atoms with Gasteiger partial charge in [-0.05, 0) is 54.4 Å². The SMILES string of the molecule is CCOc1ccc(CC(=O)N/N=C\c2ccccc2OCc2ccc(F)cc2)cc1. The summed E-state index contributed by atoms with van der Waals surface area (Å²) < 4.78 is 24.2. The van der Waals surface area contributed by atoms with Crippen molar-refractivity contribution in [2.75, 3.05) is 6.61 Å². The fraction of sp³-hybridized carbons (Fsp3) is 0.167. The van der Waals surface area contributed by atoms with Crippen LogP contribution in [0.4, 0.5) is 4.39 Å². The zero-order valence-electron chi connectivity index (χ0n) is 16.7. The summed E-state index contributed by atoms with van der Waals surface area (Å²) in [5.74, 6) is 0.885. The second kappa shape index (κ2) is 10.8. The molecule has 0 fully saturated rings. The van der Waals surface area contributed by atoms with Crippen molar-refractivity contribution in [2.24, 2.45) is 5.10 Å². The number of carbonyl (C=O) groups excluding carboxylic acids is 1. The average molecular weight is 406 g/mol. The number of nitrogens with one attached hydrogen (secondary N) is 1. The van der Waals surface area contributed by atoms with E-state index in [2.05, 4.69) is 10.5 Å². The van der Waals surface area contributed by atoms with E-state index >= 15 is 0 Å². The highest BCUT2D eigenvalue weighted by atomic mass is 19.1. The smallest absolute Gasteiger partial charge is 0.244 e. The van der Waals surface area contributed by atoms with Gasteiger partial charge in [-0.15, -0.1) is 0 Å². The third kappa shape index (κ3) is 6.44. The number of halogens is 1. The van der Waals surface area contributed by atoms with E-state index in [9.17, 15) is 9.18 Å². The molecule has 3 rings (SSSR count). The molecule has 0 aliphatic heterocycles. The average Bonchev–Trinajstić information content (AvgIpc) is 2.76. The van der Waals surface area contributed by atoms with Gasteiger partial charge in [-0.1, -0.05) is 36.4 Å². The molecule has 0 aromatic heterocycles. The highest BCUT2D eigenvalue weighted by Crippen LogP contribution is 2.18. The Labute approximate surface area is 175 Å². The molecular weight excluding hydrogens is 383 g/mol. The predicted octanol–water partition coefficient (Wildman–Crippen LogP) is 4.50. The van der Waals surface area contributed by atoms with Crippen LogP contribution in [0, 0.1) is 5.82 Å². The molecule has 5 nitrogen and oxygen atoms in total. The van der Waals surface area contributed by atoms with E-state index in [0.29, 0.717) is 19.0 Å². The van der Waals surface area contributed by atoms with Gasteiger partial charge in [0.05, 0.1) is 19.2 Å². The maximum atomic E-state index is 13.0. The van der Waals surface area contributed by atoms with Crippen LogP contribution >= 0.6 is 0 Å². The van der Waals surface area contributed by atoms with Crippen molar-refractivity contribution in [3.05, 3.63) is 95.3 Å². The molecule has 0 spiro atoms. The summed E-state index contributed by atoms with van der Waals surface area (Å²) in [6, 6.07) is 20.9. The fourth-order valence-electron chi connectivity index (χ4n) is 2.73. The Hall–Kier alpha value is -3.67. The lowest BCUT2D eigenvalue weighted by molar-refractivity contribution is -0.120. The van der Waals surface area contributed by atoms with Crippen LogP contribution in [0.5, 0.6) is 11.5 Å². The van der Waals surface area contributed by atoms with Gasteiger partial charge in [-0.3, -0.25) is 4.79 Å². The molecule has 1 N–H and O–H groups in total. The fourth-order valence-corrected chi connectivity index (χ4v) is 2.73. The van der Waals surface area contributed by atoms with E-state index < -0.39 is 0 Å². The van der Waals surface area contributed by atoms with Crippen molar-refractivity contribution < 1.29 is 18.7 Å². The lowest BCUT2D eigenvalue weighted by Gasteiger charge is -2.09. The van der Waals surface area contributed by atoms with Gasteiger partial charge in [0.2, 0.25) is 5.91 Å². The van der Waals surface area contributed by atoms with Crippen LogP contribution in [0.2, 0.25) is 0 Å². The van der Waals surface area contributed by atoms with Gasteiger partial charge in [0.15, 0.2) is 0 Å². The Morgan fingerprint density at radius 2 is 1.67 bits per heavy atom. The standard InChI is InChI=1S/C24H23FN2O3/c1-2-29-22-13-9-18(10-14-22)15-24(28)27-26-16-20-5-3-4-6-23(20)30-17-19-7-11-21(25)12-8-19/h3-14,16H,2,15,17H2,1H3,(H,27,28)/b26-16-. The number of hydrazone groups is 1. The Morgan fingerprint density at radius 3 is 2.40 bits per heavy atom. The zero-order chi connectivity index (χ0) is 21.2. The minimum absolute atomic E-state index is 0.215. The number of hydrogen-bond donors (Lipinski definition) is 1. The summed E-state index contributed by atoms with van der Waals surface area (Å²) in [7, 11) is 0. The second-order valence-electron chi connectivity index (χ2n) is 6.50. The van der Waals surface area contributed by atoms with Crippen LogP contribution in [-0.4, -0.2) is 18.7 Å². The van der Waals surface area contributed by atoms with Crippen LogP contribution < -0.4 is 14.9 Å². The minimum Gasteiger partial charge on any atom is -0.494 e. The molecule has 0 atom stereocenters. The van der Waals surface area contributed by atoms with Crippen molar-refractivity contribution in [2.45, 2.75) is 20.0 Å². The van der Waals surface area contributed by atoms with Crippen LogP contribution in [0.3, 0.4) is 0 Å². The summed E-state index contributed by atoms with van der Waals surface area (Å²) in [5, 5.41) is 4.03. The molecule has 0 bridgehead atoms. The quantitative estimate of drug-likeness (QED) is 0.421. The van der Waals surface area contributed by atoms with E-state index in [4.69, 9.17) is 9.47 Å². The molecule has 0 aliphatic rings. The molecule has 1 amide bonds. The number of amides is 1. The number of hydrogen-bond acceptors (Lipinski definition) is 4. The van der Waals surface area contributed by atoms with Crippen molar-refractivity contribution in [1.82, 2.24) is 5.43 Å². The summed E-state index contributed by atoms with van der Waals surface area (Å²) in [5.41, 5.74) is 4.97. The topological polar surface area (TPSA) is 59.9 Å². The van der Waals surface area contributed by atoms with Gasteiger partial charge in [0.1, 0.15) is 23.9 Å². The first-order valence-corrected chi connectivity index (χ1v) is 9.64.